The Morgan fingerprint density at radius 2 is 2.03 bits per heavy atom. The molecule has 0 atom stereocenters. The van der Waals surface area contributed by atoms with Gasteiger partial charge in [0.15, 0.2) is 5.76 Å². The van der Waals surface area contributed by atoms with E-state index in [0.29, 0.717) is 43.5 Å². The van der Waals surface area contributed by atoms with Crippen molar-refractivity contribution in [2.45, 2.75) is 39.2 Å². The first-order valence-electron chi connectivity index (χ1n) is 12.4. The van der Waals surface area contributed by atoms with Gasteiger partial charge >= 0.3 is 0 Å². The van der Waals surface area contributed by atoms with Gasteiger partial charge in [0.25, 0.3) is 0 Å². The molecule has 2 aliphatic heterocycles. The van der Waals surface area contributed by atoms with E-state index in [4.69, 9.17) is 19.4 Å². The van der Waals surface area contributed by atoms with Gasteiger partial charge in [0.2, 0.25) is 11.9 Å². The van der Waals surface area contributed by atoms with Crippen molar-refractivity contribution in [2.24, 2.45) is 0 Å². The van der Waals surface area contributed by atoms with Crippen molar-refractivity contribution in [1.29, 1.82) is 5.26 Å². The highest BCUT2D eigenvalue weighted by Crippen LogP contribution is 2.31. The number of ether oxygens (including phenoxy) is 1. The van der Waals surface area contributed by atoms with Gasteiger partial charge in [0.05, 0.1) is 6.07 Å². The van der Waals surface area contributed by atoms with E-state index in [-0.39, 0.29) is 12.3 Å². The van der Waals surface area contributed by atoms with Crippen molar-refractivity contribution in [3.05, 3.63) is 53.4 Å². The lowest BCUT2D eigenvalue weighted by Gasteiger charge is -2.25. The standard InChI is InChI=1S/C27H30N6O3/c1-19-17-29-27(30-21-4-6-22(7-5-21)35-15-14-32-11-2-3-12-32)31-26(19)24-16-20-18-33(25(34)8-10-28)13-9-23(20)36-24/h4-7,16-17H,2-3,8-9,11-15,18H2,1H3,(H,29,30,31). The molecule has 1 amide bonds. The van der Waals surface area contributed by atoms with Crippen LogP contribution in [0.1, 0.15) is 36.1 Å². The average molecular weight is 487 g/mol. The van der Waals surface area contributed by atoms with E-state index < -0.39 is 0 Å². The number of fused-ring (bicyclic) bond motifs is 1. The third-order valence-corrected chi connectivity index (χ3v) is 6.64. The second kappa shape index (κ2) is 10.8. The molecule has 1 aromatic carbocycles. The summed E-state index contributed by atoms with van der Waals surface area (Å²) in [6.45, 7) is 6.93. The van der Waals surface area contributed by atoms with E-state index in [1.165, 1.54) is 25.9 Å². The minimum absolute atomic E-state index is 0.105. The molecule has 186 valence electrons. The van der Waals surface area contributed by atoms with E-state index in [2.05, 4.69) is 15.2 Å². The topological polar surface area (TPSA) is 108 Å². The Labute approximate surface area is 210 Å². The lowest BCUT2D eigenvalue weighted by atomic mass is 10.1. The third kappa shape index (κ3) is 5.50. The van der Waals surface area contributed by atoms with Crippen LogP contribution in [-0.4, -0.2) is 58.5 Å². The van der Waals surface area contributed by atoms with E-state index in [1.807, 2.05) is 43.3 Å². The van der Waals surface area contributed by atoms with Crippen molar-refractivity contribution in [2.75, 3.05) is 38.1 Å². The summed E-state index contributed by atoms with van der Waals surface area (Å²) in [6.07, 6.45) is 4.85. The molecular weight excluding hydrogens is 456 g/mol. The highest BCUT2D eigenvalue weighted by atomic mass is 16.5. The molecule has 0 spiro atoms. The summed E-state index contributed by atoms with van der Waals surface area (Å²) >= 11 is 0. The maximum Gasteiger partial charge on any atom is 0.237 e. The van der Waals surface area contributed by atoms with Gasteiger partial charge in [-0.25, -0.2) is 9.97 Å². The minimum Gasteiger partial charge on any atom is -0.492 e. The zero-order chi connectivity index (χ0) is 24.9. The van der Waals surface area contributed by atoms with E-state index in [9.17, 15) is 4.79 Å². The number of anilines is 2. The number of carbonyl (C=O) groups is 1. The number of aryl methyl sites for hydroxylation is 1. The number of rotatable bonds is 8. The summed E-state index contributed by atoms with van der Waals surface area (Å²) in [5.74, 6) is 2.67. The number of benzene rings is 1. The highest BCUT2D eigenvalue weighted by molar-refractivity contribution is 5.78. The Balaban J connectivity index is 1.23. The van der Waals surface area contributed by atoms with Crippen LogP contribution in [0.3, 0.4) is 0 Å². The molecule has 2 aromatic heterocycles. The first-order chi connectivity index (χ1) is 17.6. The van der Waals surface area contributed by atoms with Crippen molar-refractivity contribution < 1.29 is 13.9 Å². The number of nitrogens with zero attached hydrogens (tertiary/aromatic N) is 5. The number of hydrogen-bond acceptors (Lipinski definition) is 8. The van der Waals surface area contributed by atoms with Crippen molar-refractivity contribution in [1.82, 2.24) is 19.8 Å². The fraction of sp³-hybridized carbons (Fsp3) is 0.407. The largest absolute Gasteiger partial charge is 0.492 e. The number of nitrogens with one attached hydrogen (secondary N) is 1. The molecule has 4 heterocycles. The summed E-state index contributed by atoms with van der Waals surface area (Å²) in [7, 11) is 0. The van der Waals surface area contributed by atoms with Crippen LogP contribution in [-0.2, 0) is 17.8 Å². The van der Waals surface area contributed by atoms with Crippen molar-refractivity contribution in [3.8, 4) is 23.3 Å². The minimum atomic E-state index is -0.154. The molecule has 5 rings (SSSR count). The number of amides is 1. The number of carbonyl (C=O) groups excluding carboxylic acids is 1. The fourth-order valence-electron chi connectivity index (χ4n) is 4.66. The lowest BCUT2D eigenvalue weighted by Crippen LogP contribution is -2.35. The average Bonchev–Trinajstić information content (AvgIpc) is 3.56. The molecule has 0 unspecified atom stereocenters. The second-order valence-electron chi connectivity index (χ2n) is 9.23. The zero-order valence-corrected chi connectivity index (χ0v) is 20.5. The maximum atomic E-state index is 12.1. The Hall–Kier alpha value is -3.90. The van der Waals surface area contributed by atoms with Crippen LogP contribution in [0.4, 0.5) is 11.6 Å². The van der Waals surface area contributed by atoms with Gasteiger partial charge in [-0.2, -0.15) is 5.26 Å². The van der Waals surface area contributed by atoms with Crippen molar-refractivity contribution >= 4 is 17.5 Å². The van der Waals surface area contributed by atoms with Gasteiger partial charge in [0, 0.05) is 43.5 Å². The van der Waals surface area contributed by atoms with Gasteiger partial charge < -0.3 is 19.4 Å². The van der Waals surface area contributed by atoms with Crippen LogP contribution in [0.5, 0.6) is 5.75 Å². The molecule has 0 radical (unpaired) electrons. The van der Waals surface area contributed by atoms with Crippen LogP contribution in [0, 0.1) is 18.3 Å². The van der Waals surface area contributed by atoms with Gasteiger partial charge in [-0.05, 0) is 68.8 Å². The lowest BCUT2D eigenvalue weighted by molar-refractivity contribution is -0.131. The monoisotopic (exact) mass is 486 g/mol. The summed E-state index contributed by atoms with van der Waals surface area (Å²) < 4.78 is 12.0. The SMILES string of the molecule is Cc1cnc(Nc2ccc(OCCN3CCCC3)cc2)nc1-c1cc2c(o1)CCN(C(=O)CC#N)C2. The first kappa shape index (κ1) is 23.8. The normalized spacial score (nSPS) is 15.4. The molecule has 0 aliphatic carbocycles. The molecule has 1 saturated heterocycles. The van der Waals surface area contributed by atoms with Gasteiger partial charge in [-0.15, -0.1) is 0 Å². The van der Waals surface area contributed by atoms with Crippen LogP contribution in [0.25, 0.3) is 11.5 Å². The molecular formula is C27H30N6O3. The first-order valence-corrected chi connectivity index (χ1v) is 12.4. The predicted octanol–water partition coefficient (Wildman–Crippen LogP) is 4.06. The summed E-state index contributed by atoms with van der Waals surface area (Å²) in [6, 6.07) is 11.7. The Kier molecular flexibility index (Phi) is 7.14. The number of aromatic nitrogens is 2. The molecule has 3 aromatic rings. The van der Waals surface area contributed by atoms with E-state index >= 15 is 0 Å². The molecule has 9 nitrogen and oxygen atoms in total. The van der Waals surface area contributed by atoms with Crippen molar-refractivity contribution in [3.63, 3.8) is 0 Å². The second-order valence-corrected chi connectivity index (χ2v) is 9.23. The van der Waals surface area contributed by atoms with Crippen LogP contribution >= 0.6 is 0 Å². The highest BCUT2D eigenvalue weighted by Gasteiger charge is 2.25. The summed E-state index contributed by atoms with van der Waals surface area (Å²) in [5, 5.41) is 12.1. The Morgan fingerprint density at radius 3 is 2.81 bits per heavy atom. The number of likely N-dealkylation sites (tertiary alicyclic amines) is 1. The number of hydrogen-bond donors (Lipinski definition) is 1. The number of furan rings is 1. The quantitative estimate of drug-likeness (QED) is 0.508. The third-order valence-electron chi connectivity index (χ3n) is 6.64. The molecule has 36 heavy (non-hydrogen) atoms. The van der Waals surface area contributed by atoms with Crippen LogP contribution in [0.2, 0.25) is 0 Å². The van der Waals surface area contributed by atoms with Gasteiger partial charge in [0.1, 0.15) is 30.2 Å². The van der Waals surface area contributed by atoms with Gasteiger partial charge in [-0.3, -0.25) is 9.69 Å². The molecule has 2 aliphatic rings. The summed E-state index contributed by atoms with van der Waals surface area (Å²) in [4.78, 5) is 25.4. The fourth-order valence-corrected chi connectivity index (χ4v) is 4.66. The van der Waals surface area contributed by atoms with E-state index in [0.717, 1.165) is 34.9 Å². The molecule has 1 fully saturated rings. The summed E-state index contributed by atoms with van der Waals surface area (Å²) in [5.41, 5.74) is 3.42. The van der Waals surface area contributed by atoms with Crippen LogP contribution in [0.15, 0.2) is 40.9 Å². The molecule has 0 bridgehead atoms. The smallest absolute Gasteiger partial charge is 0.237 e. The van der Waals surface area contributed by atoms with Crippen LogP contribution < -0.4 is 10.1 Å². The zero-order valence-electron chi connectivity index (χ0n) is 20.5. The van der Waals surface area contributed by atoms with Gasteiger partial charge in [-0.1, -0.05) is 0 Å². The Bertz CT molecular complexity index is 1260. The maximum absolute atomic E-state index is 12.1. The molecule has 1 N–H and O–H groups in total. The number of nitriles is 1. The van der Waals surface area contributed by atoms with E-state index in [1.54, 1.807) is 11.1 Å². The molecule has 0 saturated carbocycles. The Morgan fingerprint density at radius 1 is 1.22 bits per heavy atom. The molecule has 9 heteroatoms. The predicted molar refractivity (Wildman–Crippen MR) is 135 cm³/mol.